The van der Waals surface area contributed by atoms with Crippen molar-refractivity contribution in [3.8, 4) is 11.4 Å². The number of nitrogens with zero attached hydrogens (tertiary/aromatic N) is 3. The second kappa shape index (κ2) is 7.62. The van der Waals surface area contributed by atoms with Crippen molar-refractivity contribution in [1.29, 1.82) is 0 Å². The monoisotopic (exact) mass is 429 g/mol. The van der Waals surface area contributed by atoms with Gasteiger partial charge in [-0.1, -0.05) is 24.3 Å². The quantitative estimate of drug-likeness (QED) is 0.604. The van der Waals surface area contributed by atoms with Gasteiger partial charge in [-0.3, -0.25) is 9.59 Å². The normalized spacial score (nSPS) is 17.2. The molecule has 2 aromatic carbocycles. The lowest BCUT2D eigenvalue weighted by molar-refractivity contribution is -0.00620. The molecule has 6 nitrogen and oxygen atoms in total. The third-order valence-corrected chi connectivity index (χ3v) is 6.72. The second-order valence-electron chi connectivity index (χ2n) is 9.03. The Bertz CT molecular complexity index is 1200. The summed E-state index contributed by atoms with van der Waals surface area (Å²) in [5, 5.41) is 4.44. The Balaban J connectivity index is 1.33. The molecule has 0 unspecified atom stereocenters. The molecule has 6 heteroatoms. The molecule has 0 radical (unpaired) electrons. The van der Waals surface area contributed by atoms with Crippen LogP contribution in [0.25, 0.3) is 5.69 Å². The first-order chi connectivity index (χ1) is 15.4. The number of aryl methyl sites for hydroxylation is 2. The van der Waals surface area contributed by atoms with Gasteiger partial charge in [0, 0.05) is 25.9 Å². The highest BCUT2D eigenvalue weighted by Gasteiger charge is 2.44. The van der Waals surface area contributed by atoms with E-state index in [-0.39, 0.29) is 11.7 Å². The maximum absolute atomic E-state index is 13.3. The second-order valence-corrected chi connectivity index (χ2v) is 9.03. The van der Waals surface area contributed by atoms with Crippen LogP contribution in [-0.4, -0.2) is 45.1 Å². The smallest absolute Gasteiger partial charge is 0.257 e. The predicted octanol–water partition coefficient (Wildman–Crippen LogP) is 4.44. The number of Topliss-reactive ketones (excluding diaryl/α,β-unsaturated/α-hetero) is 1. The minimum absolute atomic E-state index is 0.0196. The number of aromatic nitrogens is 2. The van der Waals surface area contributed by atoms with Crippen LogP contribution in [0.3, 0.4) is 0 Å². The van der Waals surface area contributed by atoms with Crippen LogP contribution in [0.4, 0.5) is 0 Å². The summed E-state index contributed by atoms with van der Waals surface area (Å²) >= 11 is 0. The van der Waals surface area contributed by atoms with Crippen molar-refractivity contribution in [1.82, 2.24) is 14.7 Å². The van der Waals surface area contributed by atoms with Gasteiger partial charge in [-0.05, 0) is 50.1 Å². The van der Waals surface area contributed by atoms with E-state index in [1.165, 1.54) is 0 Å². The van der Waals surface area contributed by atoms with Crippen LogP contribution in [0.15, 0.2) is 48.7 Å². The Hall–Kier alpha value is -3.41. The Labute approximate surface area is 187 Å². The van der Waals surface area contributed by atoms with E-state index in [0.717, 1.165) is 22.5 Å². The summed E-state index contributed by atoms with van der Waals surface area (Å²) in [7, 11) is 0. The molecule has 3 heterocycles. The zero-order valence-electron chi connectivity index (χ0n) is 18.7. The molecule has 1 fully saturated rings. The lowest BCUT2D eigenvalue weighted by Gasteiger charge is -2.44. The van der Waals surface area contributed by atoms with E-state index < -0.39 is 5.60 Å². The minimum atomic E-state index is -0.524. The van der Waals surface area contributed by atoms with Gasteiger partial charge in [0.25, 0.3) is 5.91 Å². The number of amides is 1. The first-order valence-electron chi connectivity index (χ1n) is 11.1. The number of rotatable bonds is 2. The highest BCUT2D eigenvalue weighted by atomic mass is 16.5. The first kappa shape index (κ1) is 20.5. The lowest BCUT2D eigenvalue weighted by atomic mass is 9.81. The van der Waals surface area contributed by atoms with E-state index in [1.807, 2.05) is 62.1 Å². The minimum Gasteiger partial charge on any atom is -0.486 e. The van der Waals surface area contributed by atoms with Gasteiger partial charge in [0.15, 0.2) is 5.78 Å². The number of para-hydroxylation sites is 1. The van der Waals surface area contributed by atoms with Gasteiger partial charge in [0.05, 0.1) is 35.1 Å². The SMILES string of the molecule is Cc1cc(C)c2c(c1)C(=O)CC1(CCN(C(=O)c3cnn(-c4ccccc4)c3C)CC1)O2. The average Bonchev–Trinajstić information content (AvgIpc) is 3.17. The third kappa shape index (κ3) is 3.40. The molecule has 0 bridgehead atoms. The van der Waals surface area contributed by atoms with Gasteiger partial charge < -0.3 is 9.64 Å². The largest absolute Gasteiger partial charge is 0.486 e. The maximum Gasteiger partial charge on any atom is 0.257 e. The maximum atomic E-state index is 13.3. The van der Waals surface area contributed by atoms with Crippen LogP contribution in [-0.2, 0) is 0 Å². The molecule has 1 amide bonds. The molecule has 0 atom stereocenters. The van der Waals surface area contributed by atoms with Crippen molar-refractivity contribution in [2.75, 3.05) is 13.1 Å². The van der Waals surface area contributed by atoms with Gasteiger partial charge in [-0.25, -0.2) is 4.68 Å². The number of hydrogen-bond donors (Lipinski definition) is 0. The van der Waals surface area contributed by atoms with Crippen molar-refractivity contribution < 1.29 is 14.3 Å². The Morgan fingerprint density at radius 2 is 1.78 bits per heavy atom. The molecule has 1 saturated heterocycles. The summed E-state index contributed by atoms with van der Waals surface area (Å²) < 4.78 is 8.26. The molecule has 3 aromatic rings. The molecule has 2 aliphatic heterocycles. The molecular formula is C26H27N3O3. The lowest BCUT2D eigenvalue weighted by Crippen LogP contribution is -2.52. The number of likely N-dealkylation sites (tertiary alicyclic amines) is 1. The van der Waals surface area contributed by atoms with Crippen molar-refractivity contribution in [3.05, 3.63) is 76.6 Å². The van der Waals surface area contributed by atoms with Gasteiger partial charge in [-0.15, -0.1) is 0 Å². The summed E-state index contributed by atoms with van der Waals surface area (Å²) in [6, 6.07) is 13.8. The molecule has 0 aliphatic carbocycles. The van der Waals surface area contributed by atoms with E-state index in [1.54, 1.807) is 10.9 Å². The van der Waals surface area contributed by atoms with Gasteiger partial charge in [0.1, 0.15) is 11.4 Å². The van der Waals surface area contributed by atoms with Crippen LogP contribution < -0.4 is 4.74 Å². The van der Waals surface area contributed by atoms with E-state index in [4.69, 9.17) is 4.74 Å². The molecular weight excluding hydrogens is 402 g/mol. The summed E-state index contributed by atoms with van der Waals surface area (Å²) in [5.41, 5.74) is 4.60. The number of benzene rings is 2. The number of piperidine rings is 1. The summed E-state index contributed by atoms with van der Waals surface area (Å²) in [5.74, 6) is 0.832. The van der Waals surface area contributed by atoms with Crippen LogP contribution >= 0.6 is 0 Å². The summed E-state index contributed by atoms with van der Waals surface area (Å²) in [6.45, 7) is 7.02. The van der Waals surface area contributed by atoms with Crippen molar-refractivity contribution in [2.45, 2.75) is 45.6 Å². The van der Waals surface area contributed by atoms with Crippen LogP contribution in [0.5, 0.6) is 5.75 Å². The van der Waals surface area contributed by atoms with Crippen molar-refractivity contribution in [3.63, 3.8) is 0 Å². The van der Waals surface area contributed by atoms with Crippen molar-refractivity contribution in [2.24, 2.45) is 0 Å². The fourth-order valence-corrected chi connectivity index (χ4v) is 4.95. The number of carbonyl (C=O) groups excluding carboxylic acids is 2. The standard InChI is InChI=1S/C26H27N3O3/c1-17-13-18(2)24-21(14-17)23(30)15-26(32-24)9-11-28(12-10-26)25(31)22-16-27-29(19(22)3)20-7-5-4-6-8-20/h4-8,13-14,16H,9-12,15H2,1-3H3. The van der Waals surface area contributed by atoms with Crippen LogP contribution in [0.1, 0.15) is 56.8 Å². The number of ether oxygens (including phenoxy) is 1. The molecule has 32 heavy (non-hydrogen) atoms. The molecule has 0 saturated carbocycles. The zero-order valence-corrected chi connectivity index (χ0v) is 18.7. The predicted molar refractivity (Wildman–Crippen MR) is 122 cm³/mol. The Morgan fingerprint density at radius 3 is 2.50 bits per heavy atom. The third-order valence-electron chi connectivity index (χ3n) is 6.72. The molecule has 0 N–H and O–H groups in total. The van der Waals surface area contributed by atoms with Crippen molar-refractivity contribution >= 4 is 11.7 Å². The summed E-state index contributed by atoms with van der Waals surface area (Å²) in [4.78, 5) is 28.0. The summed E-state index contributed by atoms with van der Waals surface area (Å²) in [6.07, 6.45) is 3.31. The molecule has 1 spiro atoms. The average molecular weight is 430 g/mol. The van der Waals surface area contributed by atoms with E-state index in [2.05, 4.69) is 11.2 Å². The molecule has 2 aliphatic rings. The van der Waals surface area contributed by atoms with E-state index in [9.17, 15) is 9.59 Å². The van der Waals surface area contributed by atoms with Crippen LogP contribution in [0, 0.1) is 20.8 Å². The van der Waals surface area contributed by atoms with Crippen LogP contribution in [0.2, 0.25) is 0 Å². The number of ketones is 1. The number of carbonyl (C=O) groups is 2. The fourth-order valence-electron chi connectivity index (χ4n) is 4.95. The van der Waals surface area contributed by atoms with Gasteiger partial charge in [0.2, 0.25) is 0 Å². The number of fused-ring (bicyclic) bond motifs is 1. The molecule has 164 valence electrons. The highest BCUT2D eigenvalue weighted by molar-refractivity contribution is 6.01. The molecule has 5 rings (SSSR count). The Morgan fingerprint density at radius 1 is 1.06 bits per heavy atom. The highest BCUT2D eigenvalue weighted by Crippen LogP contribution is 2.41. The molecule has 1 aromatic heterocycles. The number of hydrogen-bond acceptors (Lipinski definition) is 4. The van der Waals surface area contributed by atoms with Gasteiger partial charge in [-0.2, -0.15) is 5.10 Å². The van der Waals surface area contributed by atoms with E-state index >= 15 is 0 Å². The Kier molecular flexibility index (Phi) is 4.88. The topological polar surface area (TPSA) is 64.4 Å². The first-order valence-corrected chi connectivity index (χ1v) is 11.1. The fraction of sp³-hybridized carbons (Fsp3) is 0.346. The zero-order chi connectivity index (χ0) is 22.5. The van der Waals surface area contributed by atoms with E-state index in [0.29, 0.717) is 49.2 Å². The van der Waals surface area contributed by atoms with Gasteiger partial charge >= 0.3 is 0 Å².